The Bertz CT molecular complexity index is 1210. The molecule has 1 atom stereocenters. The number of thiophene rings is 2. The molecule has 1 N–H and O–H groups in total. The summed E-state index contributed by atoms with van der Waals surface area (Å²) in [6.45, 7) is 4.48. The van der Waals surface area contributed by atoms with Crippen LogP contribution in [-0.4, -0.2) is 21.2 Å². The number of carbonyl (C=O) groups excluding carboxylic acids is 1. The predicted molar refractivity (Wildman–Crippen MR) is 126 cm³/mol. The summed E-state index contributed by atoms with van der Waals surface area (Å²) in [6, 6.07) is 13.9. The van der Waals surface area contributed by atoms with E-state index in [1.807, 2.05) is 54.9 Å². The second kappa shape index (κ2) is 9.16. The van der Waals surface area contributed by atoms with Crippen LogP contribution >= 0.6 is 34.4 Å². The van der Waals surface area contributed by atoms with Gasteiger partial charge in [0.1, 0.15) is 4.70 Å². The molecule has 154 valence electrons. The minimum atomic E-state index is -0.195. The maximum Gasteiger partial charge on any atom is 0.272 e. The van der Waals surface area contributed by atoms with Gasteiger partial charge < -0.3 is 5.32 Å². The van der Waals surface area contributed by atoms with Crippen LogP contribution in [0.3, 0.4) is 0 Å². The monoisotopic (exact) mass is 455 g/mol. The molecule has 1 unspecified atom stereocenters. The molecule has 0 aliphatic rings. The number of thioether (sulfide) groups is 1. The van der Waals surface area contributed by atoms with Crippen LogP contribution in [0.15, 0.2) is 63.2 Å². The smallest absolute Gasteiger partial charge is 0.272 e. The Balaban J connectivity index is 1.53. The first-order valence-electron chi connectivity index (χ1n) is 9.57. The molecule has 4 aromatic rings. The Morgan fingerprint density at radius 2 is 1.97 bits per heavy atom. The second-order valence-corrected chi connectivity index (χ2v) is 9.63. The third-order valence-electron chi connectivity index (χ3n) is 4.72. The van der Waals surface area contributed by atoms with Crippen molar-refractivity contribution >= 4 is 50.6 Å². The van der Waals surface area contributed by atoms with Gasteiger partial charge in [-0.05, 0) is 42.3 Å². The summed E-state index contributed by atoms with van der Waals surface area (Å²) >= 11 is 4.31. The molecular formula is C22H21N3O2S3. The van der Waals surface area contributed by atoms with Gasteiger partial charge in [0, 0.05) is 11.4 Å². The van der Waals surface area contributed by atoms with E-state index in [4.69, 9.17) is 0 Å². The molecule has 0 saturated carbocycles. The molecule has 0 radical (unpaired) electrons. The standard InChI is InChI=1S/C22H21N3O2S3/c1-3-25-21(27)20-16(10-12-29-20)23-22(25)30-13-18(26)24-19(17-5-4-11-28-17)15-8-6-14(2)7-9-15/h4-12,19H,3,13H2,1-2H3,(H,24,26). The maximum absolute atomic E-state index is 12.8. The van der Waals surface area contributed by atoms with Crippen LogP contribution < -0.4 is 10.9 Å². The van der Waals surface area contributed by atoms with Crippen LogP contribution in [0.4, 0.5) is 0 Å². The van der Waals surface area contributed by atoms with Gasteiger partial charge in [-0.2, -0.15) is 0 Å². The summed E-state index contributed by atoms with van der Waals surface area (Å²) in [7, 11) is 0. The molecule has 30 heavy (non-hydrogen) atoms. The number of hydrogen-bond donors (Lipinski definition) is 1. The van der Waals surface area contributed by atoms with E-state index in [2.05, 4.69) is 22.4 Å². The zero-order chi connectivity index (χ0) is 21.1. The van der Waals surface area contributed by atoms with Gasteiger partial charge in [0.2, 0.25) is 5.91 Å². The van der Waals surface area contributed by atoms with Crippen molar-refractivity contribution in [1.82, 2.24) is 14.9 Å². The third kappa shape index (κ3) is 4.35. The lowest BCUT2D eigenvalue weighted by atomic mass is 10.0. The van der Waals surface area contributed by atoms with Crippen molar-refractivity contribution in [2.45, 2.75) is 31.6 Å². The molecule has 0 aliphatic heterocycles. The number of aromatic nitrogens is 2. The molecular weight excluding hydrogens is 434 g/mol. The van der Waals surface area contributed by atoms with E-state index in [9.17, 15) is 9.59 Å². The number of hydrogen-bond acceptors (Lipinski definition) is 6. The number of carbonyl (C=O) groups is 1. The molecule has 3 aromatic heterocycles. The van der Waals surface area contributed by atoms with Crippen molar-refractivity contribution in [2.24, 2.45) is 0 Å². The number of nitrogens with one attached hydrogen (secondary N) is 1. The highest BCUT2D eigenvalue weighted by atomic mass is 32.2. The van der Waals surface area contributed by atoms with E-state index in [0.717, 1.165) is 10.4 Å². The number of fused-ring (bicyclic) bond motifs is 1. The van der Waals surface area contributed by atoms with Crippen molar-refractivity contribution in [3.63, 3.8) is 0 Å². The van der Waals surface area contributed by atoms with Crippen molar-refractivity contribution in [1.29, 1.82) is 0 Å². The van der Waals surface area contributed by atoms with Crippen molar-refractivity contribution in [3.8, 4) is 0 Å². The molecule has 0 spiro atoms. The zero-order valence-corrected chi connectivity index (χ0v) is 19.1. The fraction of sp³-hybridized carbons (Fsp3) is 0.227. The normalized spacial score (nSPS) is 12.2. The Morgan fingerprint density at radius 1 is 1.17 bits per heavy atom. The number of amides is 1. The van der Waals surface area contributed by atoms with Crippen LogP contribution in [-0.2, 0) is 11.3 Å². The minimum absolute atomic E-state index is 0.0449. The number of benzene rings is 1. The van der Waals surface area contributed by atoms with E-state index in [-0.39, 0.29) is 23.3 Å². The van der Waals surface area contributed by atoms with Gasteiger partial charge in [0.25, 0.3) is 5.56 Å². The van der Waals surface area contributed by atoms with Gasteiger partial charge in [-0.1, -0.05) is 47.7 Å². The second-order valence-electron chi connectivity index (χ2n) is 6.79. The molecule has 4 rings (SSSR count). The number of rotatable bonds is 7. The Hall–Kier alpha value is -2.42. The summed E-state index contributed by atoms with van der Waals surface area (Å²) in [6.07, 6.45) is 0. The van der Waals surface area contributed by atoms with Gasteiger partial charge in [0.05, 0.1) is 17.3 Å². The van der Waals surface area contributed by atoms with Crippen LogP contribution in [0.1, 0.15) is 29.0 Å². The van der Waals surface area contributed by atoms with Crippen LogP contribution in [0.25, 0.3) is 10.2 Å². The SMILES string of the molecule is CCn1c(SCC(=O)NC(c2ccc(C)cc2)c2cccs2)nc2ccsc2c1=O. The van der Waals surface area contributed by atoms with E-state index in [1.165, 1.54) is 28.7 Å². The molecule has 0 aliphatic carbocycles. The van der Waals surface area contributed by atoms with Gasteiger partial charge >= 0.3 is 0 Å². The summed E-state index contributed by atoms with van der Waals surface area (Å²) in [5.41, 5.74) is 2.87. The largest absolute Gasteiger partial charge is 0.344 e. The van der Waals surface area contributed by atoms with E-state index in [0.29, 0.717) is 21.9 Å². The first kappa shape index (κ1) is 20.8. The summed E-state index contributed by atoms with van der Waals surface area (Å²) in [4.78, 5) is 31.2. The number of nitrogens with zero attached hydrogens (tertiary/aromatic N) is 2. The van der Waals surface area contributed by atoms with E-state index < -0.39 is 0 Å². The Labute approximate surface area is 186 Å². The fourth-order valence-electron chi connectivity index (χ4n) is 3.18. The topological polar surface area (TPSA) is 64.0 Å². The molecule has 0 bridgehead atoms. The lowest BCUT2D eigenvalue weighted by molar-refractivity contribution is -0.119. The number of aryl methyl sites for hydroxylation is 1. The summed E-state index contributed by atoms with van der Waals surface area (Å²) in [5.74, 6) is 0.0943. The molecule has 5 nitrogen and oxygen atoms in total. The summed E-state index contributed by atoms with van der Waals surface area (Å²) in [5, 5.41) is 7.60. The fourth-order valence-corrected chi connectivity index (χ4v) is 5.63. The highest BCUT2D eigenvalue weighted by Crippen LogP contribution is 2.27. The summed E-state index contributed by atoms with van der Waals surface area (Å²) < 4.78 is 2.29. The average molecular weight is 456 g/mol. The molecule has 0 fully saturated rings. The van der Waals surface area contributed by atoms with Gasteiger partial charge in [0.15, 0.2) is 5.16 Å². The lowest BCUT2D eigenvalue weighted by Gasteiger charge is -2.18. The van der Waals surface area contributed by atoms with Crippen LogP contribution in [0.2, 0.25) is 0 Å². The third-order valence-corrected chi connectivity index (χ3v) is 7.53. The quantitative estimate of drug-likeness (QED) is 0.320. The van der Waals surface area contributed by atoms with Gasteiger partial charge in [-0.15, -0.1) is 22.7 Å². The van der Waals surface area contributed by atoms with Crippen molar-refractivity contribution in [3.05, 3.63) is 79.6 Å². The molecule has 3 heterocycles. The van der Waals surface area contributed by atoms with E-state index >= 15 is 0 Å². The van der Waals surface area contributed by atoms with Crippen LogP contribution in [0, 0.1) is 6.92 Å². The van der Waals surface area contributed by atoms with Crippen LogP contribution in [0.5, 0.6) is 0 Å². The minimum Gasteiger partial charge on any atom is -0.344 e. The Kier molecular flexibility index (Phi) is 6.36. The predicted octanol–water partition coefficient (Wildman–Crippen LogP) is 4.85. The maximum atomic E-state index is 12.8. The van der Waals surface area contributed by atoms with Gasteiger partial charge in [-0.25, -0.2) is 4.98 Å². The van der Waals surface area contributed by atoms with E-state index in [1.54, 1.807) is 15.9 Å². The molecule has 0 saturated heterocycles. The zero-order valence-electron chi connectivity index (χ0n) is 16.6. The first-order chi connectivity index (χ1) is 14.6. The Morgan fingerprint density at radius 3 is 2.67 bits per heavy atom. The van der Waals surface area contributed by atoms with Gasteiger partial charge in [-0.3, -0.25) is 14.2 Å². The molecule has 1 amide bonds. The molecule has 8 heteroatoms. The highest BCUT2D eigenvalue weighted by molar-refractivity contribution is 7.99. The van der Waals surface area contributed by atoms with Crippen molar-refractivity contribution < 1.29 is 4.79 Å². The molecule has 1 aromatic carbocycles. The first-order valence-corrected chi connectivity index (χ1v) is 12.3. The lowest BCUT2D eigenvalue weighted by Crippen LogP contribution is -2.30. The van der Waals surface area contributed by atoms with Crippen molar-refractivity contribution in [2.75, 3.05) is 5.75 Å². The average Bonchev–Trinajstić information content (AvgIpc) is 3.43. The highest BCUT2D eigenvalue weighted by Gasteiger charge is 2.19.